The van der Waals surface area contributed by atoms with Gasteiger partial charge in [0.15, 0.2) is 0 Å². The average molecular weight is 338 g/mol. The lowest BCUT2D eigenvalue weighted by Crippen LogP contribution is -2.30. The fraction of sp³-hybridized carbons (Fsp3) is 0.529. The lowest BCUT2D eigenvalue weighted by atomic mass is 9.94. The molecular weight excluding hydrogens is 314 g/mol. The Balaban J connectivity index is 0.00000192. The number of benzene rings is 1. The standard InChI is InChI=1S/C17H23N3O2.ClH/c21-16(11-12-7-9-18-10-8-12)20-15-4-2-1-3-14(15)17(22)19-13-5-6-13;/h1-4,12-13,18H,5-11H2,(H,19,22)(H,20,21);1H. The zero-order chi connectivity index (χ0) is 15.4. The Hall–Kier alpha value is -1.59. The number of nitrogens with one attached hydrogen (secondary N) is 3. The quantitative estimate of drug-likeness (QED) is 0.772. The van der Waals surface area contributed by atoms with Gasteiger partial charge in [0.2, 0.25) is 5.91 Å². The molecule has 1 aliphatic carbocycles. The van der Waals surface area contributed by atoms with Crippen LogP contribution in [0.5, 0.6) is 0 Å². The molecule has 1 aromatic rings. The van der Waals surface area contributed by atoms with Gasteiger partial charge in [0.1, 0.15) is 0 Å². The van der Waals surface area contributed by atoms with Gasteiger partial charge in [-0.15, -0.1) is 12.4 Å². The van der Waals surface area contributed by atoms with E-state index in [-0.39, 0.29) is 24.2 Å². The molecule has 0 bridgehead atoms. The molecule has 1 heterocycles. The zero-order valence-electron chi connectivity index (χ0n) is 13.1. The van der Waals surface area contributed by atoms with Gasteiger partial charge in [-0.05, 0) is 56.8 Å². The van der Waals surface area contributed by atoms with Crippen LogP contribution in [0.3, 0.4) is 0 Å². The first-order valence-corrected chi connectivity index (χ1v) is 8.13. The predicted molar refractivity (Wildman–Crippen MR) is 93.0 cm³/mol. The first-order valence-electron chi connectivity index (χ1n) is 8.13. The summed E-state index contributed by atoms with van der Waals surface area (Å²) in [6, 6.07) is 7.53. The van der Waals surface area contributed by atoms with Crippen LogP contribution < -0.4 is 16.0 Å². The third kappa shape index (κ3) is 5.22. The molecule has 0 atom stereocenters. The Morgan fingerprint density at radius 2 is 1.78 bits per heavy atom. The van der Waals surface area contributed by atoms with Crippen molar-refractivity contribution in [1.29, 1.82) is 0 Å². The molecule has 23 heavy (non-hydrogen) atoms. The minimum atomic E-state index is -0.0970. The molecule has 5 nitrogen and oxygen atoms in total. The van der Waals surface area contributed by atoms with Crippen LogP contribution in [0.1, 0.15) is 42.5 Å². The Bertz CT molecular complexity index is 555. The van der Waals surface area contributed by atoms with E-state index in [1.807, 2.05) is 12.1 Å². The van der Waals surface area contributed by atoms with Gasteiger partial charge in [0.25, 0.3) is 5.91 Å². The monoisotopic (exact) mass is 337 g/mol. The third-order valence-electron chi connectivity index (χ3n) is 4.29. The molecule has 2 aliphatic rings. The highest BCUT2D eigenvalue weighted by Gasteiger charge is 2.25. The summed E-state index contributed by atoms with van der Waals surface area (Å²) in [5.74, 6) is 0.340. The highest BCUT2D eigenvalue weighted by Crippen LogP contribution is 2.22. The van der Waals surface area contributed by atoms with Gasteiger partial charge in [-0.1, -0.05) is 12.1 Å². The maximum absolute atomic E-state index is 12.2. The van der Waals surface area contributed by atoms with Crippen molar-refractivity contribution in [2.24, 2.45) is 5.92 Å². The van der Waals surface area contributed by atoms with Crippen LogP contribution in [-0.2, 0) is 4.79 Å². The van der Waals surface area contributed by atoms with E-state index < -0.39 is 0 Å². The summed E-state index contributed by atoms with van der Waals surface area (Å²) in [6.07, 6.45) is 4.71. The summed E-state index contributed by atoms with van der Waals surface area (Å²) in [6.45, 7) is 1.97. The largest absolute Gasteiger partial charge is 0.349 e. The van der Waals surface area contributed by atoms with Crippen molar-refractivity contribution in [2.45, 2.75) is 38.1 Å². The molecule has 0 radical (unpaired) electrons. The van der Waals surface area contributed by atoms with E-state index in [2.05, 4.69) is 16.0 Å². The van der Waals surface area contributed by atoms with Crippen LogP contribution in [0.4, 0.5) is 5.69 Å². The predicted octanol–water partition coefficient (Wildman–Crippen LogP) is 2.33. The second-order valence-corrected chi connectivity index (χ2v) is 6.24. The van der Waals surface area contributed by atoms with Crippen molar-refractivity contribution in [3.63, 3.8) is 0 Å². The molecule has 3 N–H and O–H groups in total. The van der Waals surface area contributed by atoms with Gasteiger partial charge in [-0.3, -0.25) is 9.59 Å². The smallest absolute Gasteiger partial charge is 0.253 e. The molecular formula is C17H24ClN3O2. The van der Waals surface area contributed by atoms with Crippen molar-refractivity contribution in [1.82, 2.24) is 10.6 Å². The van der Waals surface area contributed by atoms with Crippen LogP contribution in [0, 0.1) is 5.92 Å². The number of carbonyl (C=O) groups is 2. The minimum Gasteiger partial charge on any atom is -0.349 e. The Morgan fingerprint density at radius 1 is 1.09 bits per heavy atom. The molecule has 2 fully saturated rings. The van der Waals surface area contributed by atoms with Crippen molar-refractivity contribution >= 4 is 29.9 Å². The number of anilines is 1. The van der Waals surface area contributed by atoms with Crippen molar-refractivity contribution in [3.05, 3.63) is 29.8 Å². The lowest BCUT2D eigenvalue weighted by molar-refractivity contribution is -0.117. The van der Waals surface area contributed by atoms with Gasteiger partial charge in [-0.2, -0.15) is 0 Å². The molecule has 1 saturated heterocycles. The fourth-order valence-corrected chi connectivity index (χ4v) is 2.83. The summed E-state index contributed by atoms with van der Waals surface area (Å²) in [5, 5.41) is 9.18. The van der Waals surface area contributed by atoms with Crippen molar-refractivity contribution in [2.75, 3.05) is 18.4 Å². The number of para-hydroxylation sites is 1. The van der Waals surface area contributed by atoms with E-state index in [4.69, 9.17) is 0 Å². The Kier molecular flexibility index (Phi) is 6.42. The molecule has 1 aromatic carbocycles. The zero-order valence-corrected chi connectivity index (χ0v) is 14.0. The molecule has 1 saturated carbocycles. The first kappa shape index (κ1) is 17.8. The molecule has 1 aliphatic heterocycles. The summed E-state index contributed by atoms with van der Waals surface area (Å²) in [4.78, 5) is 24.4. The van der Waals surface area contributed by atoms with Crippen LogP contribution >= 0.6 is 12.4 Å². The van der Waals surface area contributed by atoms with Gasteiger partial charge >= 0.3 is 0 Å². The van der Waals surface area contributed by atoms with E-state index in [0.717, 1.165) is 38.8 Å². The van der Waals surface area contributed by atoms with Crippen LogP contribution in [0.2, 0.25) is 0 Å². The summed E-state index contributed by atoms with van der Waals surface area (Å²) < 4.78 is 0. The highest BCUT2D eigenvalue weighted by atomic mass is 35.5. The van der Waals surface area contributed by atoms with Gasteiger partial charge in [0, 0.05) is 12.5 Å². The second-order valence-electron chi connectivity index (χ2n) is 6.24. The van der Waals surface area contributed by atoms with E-state index in [1.165, 1.54) is 0 Å². The second kappa shape index (κ2) is 8.31. The number of piperidine rings is 1. The summed E-state index contributed by atoms with van der Waals surface area (Å²) >= 11 is 0. The Morgan fingerprint density at radius 3 is 2.48 bits per heavy atom. The van der Waals surface area contributed by atoms with Crippen LogP contribution in [0.25, 0.3) is 0 Å². The molecule has 0 aromatic heterocycles. The maximum Gasteiger partial charge on any atom is 0.253 e. The van der Waals surface area contributed by atoms with Gasteiger partial charge in [-0.25, -0.2) is 0 Å². The molecule has 0 spiro atoms. The fourth-order valence-electron chi connectivity index (χ4n) is 2.83. The summed E-state index contributed by atoms with van der Waals surface area (Å²) in [5.41, 5.74) is 1.16. The van der Waals surface area contributed by atoms with Crippen molar-refractivity contribution < 1.29 is 9.59 Å². The van der Waals surface area contributed by atoms with E-state index >= 15 is 0 Å². The van der Waals surface area contributed by atoms with Crippen LogP contribution in [0.15, 0.2) is 24.3 Å². The minimum absolute atomic E-state index is 0. The van der Waals surface area contributed by atoms with E-state index in [9.17, 15) is 9.59 Å². The summed E-state index contributed by atoms with van der Waals surface area (Å²) in [7, 11) is 0. The number of hydrogen-bond acceptors (Lipinski definition) is 3. The number of carbonyl (C=O) groups excluding carboxylic acids is 2. The molecule has 6 heteroatoms. The van der Waals surface area contributed by atoms with E-state index in [0.29, 0.717) is 29.6 Å². The van der Waals surface area contributed by atoms with E-state index in [1.54, 1.807) is 12.1 Å². The number of rotatable bonds is 5. The molecule has 0 unspecified atom stereocenters. The lowest BCUT2D eigenvalue weighted by Gasteiger charge is -2.22. The SMILES string of the molecule is Cl.O=C(CC1CCNCC1)Nc1ccccc1C(=O)NC1CC1. The molecule has 3 rings (SSSR count). The van der Waals surface area contributed by atoms with Crippen molar-refractivity contribution in [3.8, 4) is 0 Å². The average Bonchev–Trinajstić information content (AvgIpc) is 3.32. The van der Waals surface area contributed by atoms with Gasteiger partial charge < -0.3 is 16.0 Å². The topological polar surface area (TPSA) is 70.2 Å². The number of halogens is 1. The maximum atomic E-state index is 12.2. The van der Waals surface area contributed by atoms with Crippen LogP contribution in [-0.4, -0.2) is 30.9 Å². The third-order valence-corrected chi connectivity index (χ3v) is 4.29. The number of amides is 2. The Labute approximate surface area is 143 Å². The molecule has 126 valence electrons. The normalized spacial score (nSPS) is 17.9. The van der Waals surface area contributed by atoms with Gasteiger partial charge in [0.05, 0.1) is 11.3 Å². The first-order chi connectivity index (χ1) is 10.7. The number of hydrogen-bond donors (Lipinski definition) is 3. The highest BCUT2D eigenvalue weighted by molar-refractivity contribution is 6.03. The molecule has 2 amide bonds.